The van der Waals surface area contributed by atoms with Crippen molar-refractivity contribution >= 4 is 11.8 Å². The second-order valence-electron chi connectivity index (χ2n) is 6.13. The molecule has 1 atom stereocenters. The van der Waals surface area contributed by atoms with E-state index >= 15 is 0 Å². The molecule has 1 aliphatic carbocycles. The fourth-order valence-corrected chi connectivity index (χ4v) is 3.18. The second kappa shape index (κ2) is 7.01. The third-order valence-electron chi connectivity index (χ3n) is 4.41. The Labute approximate surface area is 131 Å². The van der Waals surface area contributed by atoms with Gasteiger partial charge in [0.1, 0.15) is 11.9 Å². The van der Waals surface area contributed by atoms with Gasteiger partial charge in [-0.05, 0) is 50.1 Å². The molecule has 0 aromatic heterocycles. The highest BCUT2D eigenvalue weighted by atomic mass is 16.6. The summed E-state index contributed by atoms with van der Waals surface area (Å²) in [4.78, 5) is 13.6. The van der Waals surface area contributed by atoms with Crippen LogP contribution in [0.1, 0.15) is 25.7 Å². The van der Waals surface area contributed by atoms with Crippen molar-refractivity contribution in [2.75, 3.05) is 31.6 Å². The van der Waals surface area contributed by atoms with Crippen LogP contribution >= 0.6 is 0 Å². The molecule has 1 heterocycles. The maximum absolute atomic E-state index is 11.9. The fraction of sp³-hybridized carbons (Fsp3) is 0.588. The number of nitrogens with zero attached hydrogens (tertiary/aromatic N) is 1. The van der Waals surface area contributed by atoms with Crippen molar-refractivity contribution in [3.8, 4) is 5.75 Å². The molecule has 120 valence electrons. The summed E-state index contributed by atoms with van der Waals surface area (Å²) < 4.78 is 11.2. The lowest BCUT2D eigenvalue weighted by atomic mass is 10.1. The molecule has 1 saturated carbocycles. The largest absolute Gasteiger partial charge is 0.493 e. The van der Waals surface area contributed by atoms with E-state index in [1.807, 2.05) is 31.3 Å². The Kier molecular flexibility index (Phi) is 4.83. The Balaban J connectivity index is 1.55. The van der Waals surface area contributed by atoms with E-state index in [0.717, 1.165) is 18.0 Å². The zero-order valence-electron chi connectivity index (χ0n) is 13.1. The topological polar surface area (TPSA) is 50.8 Å². The molecule has 3 rings (SSSR count). The summed E-state index contributed by atoms with van der Waals surface area (Å²) in [6.45, 7) is 2.06. The summed E-state index contributed by atoms with van der Waals surface area (Å²) in [7, 11) is 1.85. The maximum atomic E-state index is 11.9. The zero-order valence-corrected chi connectivity index (χ0v) is 13.1. The van der Waals surface area contributed by atoms with Crippen LogP contribution < -0.4 is 15.0 Å². The number of anilines is 1. The quantitative estimate of drug-likeness (QED) is 0.878. The van der Waals surface area contributed by atoms with E-state index < -0.39 is 0 Å². The summed E-state index contributed by atoms with van der Waals surface area (Å²) in [6.07, 6.45) is 4.86. The Morgan fingerprint density at radius 3 is 2.68 bits per heavy atom. The number of carbonyl (C=O) groups excluding carboxylic acids is 1. The molecule has 1 unspecified atom stereocenters. The molecule has 22 heavy (non-hydrogen) atoms. The number of likely N-dealkylation sites (N-methyl/N-ethyl adjacent to an activating group) is 1. The van der Waals surface area contributed by atoms with Crippen LogP contribution in [0.5, 0.6) is 5.75 Å². The second-order valence-corrected chi connectivity index (χ2v) is 6.13. The number of cyclic esters (lactones) is 1. The molecule has 2 fully saturated rings. The Bertz CT molecular complexity index is 497. The predicted octanol–water partition coefficient (Wildman–Crippen LogP) is 2.80. The number of carbonyl (C=O) groups is 1. The van der Waals surface area contributed by atoms with Gasteiger partial charge in [-0.15, -0.1) is 0 Å². The number of benzene rings is 1. The molecule has 1 aliphatic heterocycles. The van der Waals surface area contributed by atoms with E-state index in [4.69, 9.17) is 9.47 Å². The Morgan fingerprint density at radius 2 is 2.00 bits per heavy atom. The van der Waals surface area contributed by atoms with Crippen molar-refractivity contribution in [3.63, 3.8) is 0 Å². The first kappa shape index (κ1) is 15.2. The van der Waals surface area contributed by atoms with Crippen LogP contribution in [0.3, 0.4) is 0 Å². The average Bonchev–Trinajstić information content (AvgIpc) is 3.16. The lowest BCUT2D eigenvalue weighted by Gasteiger charge is -2.15. The van der Waals surface area contributed by atoms with E-state index in [-0.39, 0.29) is 12.2 Å². The van der Waals surface area contributed by atoms with Gasteiger partial charge in [0.25, 0.3) is 0 Å². The van der Waals surface area contributed by atoms with Crippen molar-refractivity contribution in [1.29, 1.82) is 0 Å². The van der Waals surface area contributed by atoms with E-state index in [9.17, 15) is 4.79 Å². The molecule has 0 spiro atoms. The Hall–Kier alpha value is -1.75. The summed E-state index contributed by atoms with van der Waals surface area (Å²) in [5, 5.41) is 3.03. The lowest BCUT2D eigenvalue weighted by molar-refractivity contribution is 0.141. The summed E-state index contributed by atoms with van der Waals surface area (Å²) >= 11 is 0. The van der Waals surface area contributed by atoms with Crippen LogP contribution in [0.2, 0.25) is 0 Å². The van der Waals surface area contributed by atoms with Crippen LogP contribution in [-0.2, 0) is 4.74 Å². The minimum atomic E-state index is -0.278. The van der Waals surface area contributed by atoms with Gasteiger partial charge in [0.2, 0.25) is 0 Å². The van der Waals surface area contributed by atoms with Gasteiger partial charge >= 0.3 is 6.09 Å². The van der Waals surface area contributed by atoms with Gasteiger partial charge in [-0.25, -0.2) is 4.79 Å². The van der Waals surface area contributed by atoms with E-state index in [1.54, 1.807) is 4.90 Å². The van der Waals surface area contributed by atoms with E-state index in [1.165, 1.54) is 25.7 Å². The summed E-state index contributed by atoms with van der Waals surface area (Å²) in [6, 6.07) is 7.71. The summed E-state index contributed by atoms with van der Waals surface area (Å²) in [5.74, 6) is 1.57. The van der Waals surface area contributed by atoms with Crippen molar-refractivity contribution in [3.05, 3.63) is 24.3 Å². The number of ether oxygens (including phenoxy) is 2. The molecule has 1 amide bonds. The number of nitrogens with one attached hydrogen (secondary N) is 1. The minimum Gasteiger partial charge on any atom is -0.493 e. The van der Waals surface area contributed by atoms with Gasteiger partial charge in [-0.2, -0.15) is 0 Å². The zero-order chi connectivity index (χ0) is 15.4. The van der Waals surface area contributed by atoms with E-state index in [2.05, 4.69) is 5.32 Å². The highest BCUT2D eigenvalue weighted by molar-refractivity contribution is 5.89. The van der Waals surface area contributed by atoms with Crippen LogP contribution in [0.4, 0.5) is 10.5 Å². The highest BCUT2D eigenvalue weighted by Gasteiger charge is 2.31. The standard InChI is InChI=1S/C17H24N2O3/c1-18-10-16-11-19(17(20)22-16)14-6-8-15(9-7-14)21-12-13-4-2-3-5-13/h6-9,13,16,18H,2-5,10-12H2,1H3. The first-order valence-corrected chi connectivity index (χ1v) is 8.12. The van der Waals surface area contributed by atoms with Gasteiger partial charge in [-0.3, -0.25) is 4.90 Å². The predicted molar refractivity (Wildman–Crippen MR) is 85.4 cm³/mol. The number of hydrogen-bond acceptors (Lipinski definition) is 4. The lowest BCUT2D eigenvalue weighted by Crippen LogP contribution is -2.28. The van der Waals surface area contributed by atoms with Crippen molar-refractivity contribution in [2.45, 2.75) is 31.8 Å². The van der Waals surface area contributed by atoms with Crippen LogP contribution in [0, 0.1) is 5.92 Å². The first-order chi connectivity index (χ1) is 10.8. The molecule has 1 aromatic rings. The number of amides is 1. The summed E-state index contributed by atoms with van der Waals surface area (Å²) in [5.41, 5.74) is 0.858. The van der Waals surface area contributed by atoms with Gasteiger partial charge in [0, 0.05) is 12.2 Å². The van der Waals surface area contributed by atoms with Crippen molar-refractivity contribution in [2.24, 2.45) is 5.92 Å². The monoisotopic (exact) mass is 304 g/mol. The molecular weight excluding hydrogens is 280 g/mol. The van der Waals surface area contributed by atoms with Crippen LogP contribution in [0.15, 0.2) is 24.3 Å². The third-order valence-corrected chi connectivity index (χ3v) is 4.41. The SMILES string of the molecule is CNCC1CN(c2ccc(OCC3CCCC3)cc2)C(=O)O1. The van der Waals surface area contributed by atoms with Gasteiger partial charge < -0.3 is 14.8 Å². The first-order valence-electron chi connectivity index (χ1n) is 8.12. The molecule has 1 N–H and O–H groups in total. The maximum Gasteiger partial charge on any atom is 0.414 e. The molecule has 0 bridgehead atoms. The molecule has 0 radical (unpaired) electrons. The molecule has 1 aromatic carbocycles. The van der Waals surface area contributed by atoms with E-state index in [0.29, 0.717) is 19.0 Å². The van der Waals surface area contributed by atoms with Gasteiger partial charge in [-0.1, -0.05) is 12.8 Å². The smallest absolute Gasteiger partial charge is 0.414 e. The molecule has 2 aliphatic rings. The molecule has 1 saturated heterocycles. The number of rotatable bonds is 6. The van der Waals surface area contributed by atoms with Gasteiger partial charge in [0.15, 0.2) is 0 Å². The van der Waals surface area contributed by atoms with Crippen LogP contribution in [-0.4, -0.2) is 38.9 Å². The Morgan fingerprint density at radius 1 is 1.27 bits per heavy atom. The van der Waals surface area contributed by atoms with Crippen molar-refractivity contribution < 1.29 is 14.3 Å². The average molecular weight is 304 g/mol. The normalized spacial score (nSPS) is 22.1. The minimum absolute atomic E-state index is 0.0872. The molecular formula is C17H24N2O3. The highest BCUT2D eigenvalue weighted by Crippen LogP contribution is 2.27. The molecule has 5 heteroatoms. The molecule has 5 nitrogen and oxygen atoms in total. The van der Waals surface area contributed by atoms with Crippen molar-refractivity contribution in [1.82, 2.24) is 5.32 Å². The number of hydrogen-bond donors (Lipinski definition) is 1. The fourth-order valence-electron chi connectivity index (χ4n) is 3.18. The third kappa shape index (κ3) is 3.53. The van der Waals surface area contributed by atoms with Crippen LogP contribution in [0.25, 0.3) is 0 Å². The van der Waals surface area contributed by atoms with Gasteiger partial charge in [0.05, 0.1) is 13.2 Å².